The average molecular weight is 467 g/mol. The van der Waals surface area contributed by atoms with Gasteiger partial charge >= 0.3 is 6.18 Å². The normalized spacial score (nSPS) is 13.5. The average Bonchev–Trinajstić information content (AvgIpc) is 3.16. The molecule has 2 heterocycles. The lowest BCUT2D eigenvalue weighted by atomic mass is 9.89. The smallest absolute Gasteiger partial charge is 0.397 e. The zero-order valence-corrected chi connectivity index (χ0v) is 18.2. The first-order valence-electron chi connectivity index (χ1n) is 9.66. The highest BCUT2D eigenvalue weighted by molar-refractivity contribution is 6.24. The van der Waals surface area contributed by atoms with Crippen LogP contribution in [0.1, 0.15) is 37.8 Å². The van der Waals surface area contributed by atoms with E-state index in [4.69, 9.17) is 21.7 Å². The van der Waals surface area contributed by atoms with E-state index in [1.165, 1.54) is 18.3 Å². The lowest BCUT2D eigenvalue weighted by molar-refractivity contribution is -0.185. The molecule has 2 amide bonds. The topological polar surface area (TPSA) is 176 Å². The summed E-state index contributed by atoms with van der Waals surface area (Å²) in [7, 11) is 0. The maximum absolute atomic E-state index is 13.1. The lowest BCUT2D eigenvalue weighted by Crippen LogP contribution is -2.35. The number of carbonyl (C=O) groups excluding carboxylic acids is 2. The van der Waals surface area contributed by atoms with Gasteiger partial charge in [-0.25, -0.2) is 0 Å². The fourth-order valence-electron chi connectivity index (χ4n) is 2.60. The second kappa shape index (κ2) is 9.71. The third kappa shape index (κ3) is 5.87. The minimum atomic E-state index is -4.56. The molecule has 2 aromatic rings. The molecule has 0 unspecified atom stereocenters. The number of halogens is 3. The maximum atomic E-state index is 13.1. The molecule has 10 nitrogen and oxygen atoms in total. The molecule has 13 heteroatoms. The summed E-state index contributed by atoms with van der Waals surface area (Å²) in [6.45, 7) is 3.93. The summed E-state index contributed by atoms with van der Waals surface area (Å²) in [5.74, 6) is -2.14. The number of nitrogens with two attached hydrogens (primary N) is 3. The van der Waals surface area contributed by atoms with Crippen LogP contribution in [0, 0.1) is 0 Å². The molecule has 0 bridgehead atoms. The number of pyridine rings is 1. The van der Waals surface area contributed by atoms with Gasteiger partial charge in [-0.1, -0.05) is 5.16 Å². The van der Waals surface area contributed by atoms with E-state index in [1.807, 2.05) is 0 Å². The van der Waals surface area contributed by atoms with Crippen molar-refractivity contribution in [2.45, 2.75) is 38.8 Å². The van der Waals surface area contributed by atoms with Gasteiger partial charge in [-0.2, -0.15) is 13.2 Å². The van der Waals surface area contributed by atoms with Crippen molar-refractivity contribution in [2.75, 3.05) is 11.9 Å². The van der Waals surface area contributed by atoms with Crippen molar-refractivity contribution in [3.8, 4) is 0 Å². The number of aromatic nitrogens is 2. The molecule has 0 aliphatic carbocycles. The van der Waals surface area contributed by atoms with Crippen LogP contribution < -0.4 is 22.5 Å². The molecular weight excluding hydrogens is 443 g/mol. The minimum Gasteiger partial charge on any atom is -0.397 e. The second-order valence-corrected chi connectivity index (χ2v) is 7.47. The highest BCUT2D eigenvalue weighted by Gasteiger charge is 2.51. The number of nitrogens with zero attached hydrogens (tertiary/aromatic N) is 3. The van der Waals surface area contributed by atoms with Crippen LogP contribution in [0.25, 0.3) is 5.70 Å². The first kappa shape index (κ1) is 25.4. The number of alkyl halides is 3. The van der Waals surface area contributed by atoms with Gasteiger partial charge in [0.25, 0.3) is 5.91 Å². The number of rotatable bonds is 8. The number of carbonyl (C=O) groups is 2. The number of aliphatic imine (C=N–C) groups is 1. The van der Waals surface area contributed by atoms with Gasteiger partial charge in [0.1, 0.15) is 16.8 Å². The van der Waals surface area contributed by atoms with E-state index in [1.54, 1.807) is 6.92 Å². The molecule has 0 saturated heterocycles. The minimum absolute atomic E-state index is 0.0249. The molecule has 0 saturated carbocycles. The van der Waals surface area contributed by atoms with Crippen LogP contribution in [0.15, 0.2) is 39.5 Å². The second-order valence-electron chi connectivity index (χ2n) is 7.47. The molecule has 0 radical (unpaired) electrons. The van der Waals surface area contributed by atoms with Gasteiger partial charge in [0.15, 0.2) is 11.6 Å². The Labute approximate surface area is 187 Å². The zero-order valence-electron chi connectivity index (χ0n) is 18.2. The number of anilines is 1. The monoisotopic (exact) mass is 467 g/mol. The van der Waals surface area contributed by atoms with Gasteiger partial charge in [-0.3, -0.25) is 19.6 Å². The fourth-order valence-corrected chi connectivity index (χ4v) is 2.60. The van der Waals surface area contributed by atoms with Crippen LogP contribution in [0.2, 0.25) is 0 Å². The predicted molar refractivity (Wildman–Crippen MR) is 115 cm³/mol. The number of nitrogens with one attached hydrogen (secondary N) is 1. The Morgan fingerprint density at radius 3 is 2.36 bits per heavy atom. The Kier molecular flexibility index (Phi) is 7.46. The van der Waals surface area contributed by atoms with E-state index in [9.17, 15) is 22.8 Å². The molecular formula is C20H24F3N7O3. The van der Waals surface area contributed by atoms with Crippen LogP contribution in [-0.4, -0.2) is 40.5 Å². The third-order valence-corrected chi connectivity index (χ3v) is 4.68. The van der Waals surface area contributed by atoms with Crippen molar-refractivity contribution in [1.82, 2.24) is 10.1 Å². The van der Waals surface area contributed by atoms with Crippen LogP contribution in [0.4, 0.5) is 19.0 Å². The fraction of sp³-hybridized carbons (Fsp3) is 0.350. The Hall–Kier alpha value is -3.90. The van der Waals surface area contributed by atoms with Crippen molar-refractivity contribution in [2.24, 2.45) is 22.2 Å². The van der Waals surface area contributed by atoms with Crippen molar-refractivity contribution < 1.29 is 27.3 Å². The summed E-state index contributed by atoms with van der Waals surface area (Å²) in [5.41, 5.74) is 15.3. The van der Waals surface area contributed by atoms with E-state index < -0.39 is 29.2 Å². The van der Waals surface area contributed by atoms with Crippen molar-refractivity contribution >= 4 is 29.2 Å². The number of primary amides is 1. The summed E-state index contributed by atoms with van der Waals surface area (Å²) < 4.78 is 44.1. The van der Waals surface area contributed by atoms with Crippen LogP contribution in [-0.2, 0) is 21.4 Å². The molecule has 33 heavy (non-hydrogen) atoms. The highest BCUT2D eigenvalue weighted by Crippen LogP contribution is 2.41. The van der Waals surface area contributed by atoms with Gasteiger partial charge in [0.2, 0.25) is 5.91 Å². The lowest BCUT2D eigenvalue weighted by Gasteiger charge is -2.24. The summed E-state index contributed by atoms with van der Waals surface area (Å²) >= 11 is 0. The number of hydrogen-bond donors (Lipinski definition) is 4. The molecule has 178 valence electrons. The maximum Gasteiger partial charge on any atom is 0.401 e. The molecule has 0 atom stereocenters. The van der Waals surface area contributed by atoms with Gasteiger partial charge < -0.3 is 27.0 Å². The molecule has 0 aromatic carbocycles. The van der Waals surface area contributed by atoms with Gasteiger partial charge in [0, 0.05) is 30.1 Å². The first-order valence-corrected chi connectivity index (χ1v) is 9.66. The Morgan fingerprint density at radius 1 is 1.18 bits per heavy atom. The van der Waals surface area contributed by atoms with Gasteiger partial charge in [-0.15, -0.1) is 0 Å². The molecule has 2 aromatic heterocycles. The zero-order chi connectivity index (χ0) is 25.0. The van der Waals surface area contributed by atoms with Crippen molar-refractivity contribution in [1.29, 1.82) is 0 Å². The van der Waals surface area contributed by atoms with E-state index in [2.05, 4.69) is 20.4 Å². The summed E-state index contributed by atoms with van der Waals surface area (Å²) in [6, 6.07) is 4.00. The predicted octanol–water partition coefficient (Wildman–Crippen LogP) is 1.62. The van der Waals surface area contributed by atoms with E-state index in [-0.39, 0.29) is 29.3 Å². The molecule has 2 rings (SSSR count). The van der Waals surface area contributed by atoms with E-state index in [0.29, 0.717) is 17.8 Å². The highest BCUT2D eigenvalue weighted by atomic mass is 19.4. The number of amidine groups is 1. The van der Waals surface area contributed by atoms with E-state index >= 15 is 0 Å². The molecule has 0 spiro atoms. The molecule has 7 N–H and O–H groups in total. The Morgan fingerprint density at radius 2 is 1.85 bits per heavy atom. The van der Waals surface area contributed by atoms with Crippen LogP contribution in [0.5, 0.6) is 0 Å². The largest absolute Gasteiger partial charge is 0.401 e. The Balaban J connectivity index is 2.13. The number of amides is 2. The van der Waals surface area contributed by atoms with Crippen molar-refractivity contribution in [3.05, 3.63) is 47.0 Å². The summed E-state index contributed by atoms with van der Waals surface area (Å²) in [5, 5.41) is 5.82. The summed E-state index contributed by atoms with van der Waals surface area (Å²) in [6.07, 6.45) is -3.45. The third-order valence-electron chi connectivity index (χ3n) is 4.68. The van der Waals surface area contributed by atoms with Gasteiger partial charge in [0.05, 0.1) is 12.1 Å². The Bertz CT molecular complexity index is 1090. The first-order chi connectivity index (χ1) is 15.3. The molecule has 0 fully saturated rings. The molecule has 0 aliphatic rings. The summed E-state index contributed by atoms with van der Waals surface area (Å²) in [4.78, 5) is 32.0. The standard InChI is InChI=1S/C20H24F3N7O3/c1-4-27-17(25)15(18(26)32)16(24)10-5-6-11(28-9-10)7-14(31)29-13-8-12(33-30-13)19(2,3)20(21,22)23/h5-6,8-9H,4,7,24H2,1-3H3,(H2,25,27)(H2,26,32)(H,29,30,31). The van der Waals surface area contributed by atoms with Crippen LogP contribution >= 0.6 is 0 Å². The van der Waals surface area contributed by atoms with Crippen molar-refractivity contribution in [3.63, 3.8) is 0 Å². The quantitative estimate of drug-likeness (QED) is 0.259. The molecule has 0 aliphatic heterocycles. The van der Waals surface area contributed by atoms with E-state index in [0.717, 1.165) is 19.9 Å². The number of hydrogen-bond acceptors (Lipinski definition) is 7. The van der Waals surface area contributed by atoms with Gasteiger partial charge in [-0.05, 0) is 32.9 Å². The van der Waals surface area contributed by atoms with Crippen LogP contribution in [0.3, 0.4) is 0 Å². The SMILES string of the molecule is CCN=C(N)C(C(N)=O)=C(N)c1ccc(CC(=O)Nc2cc(C(C)(C)C(F)(F)F)on2)nc1.